The second-order valence-electron chi connectivity index (χ2n) is 12.5. The third-order valence-corrected chi connectivity index (χ3v) is 9.31. The van der Waals surface area contributed by atoms with Crippen molar-refractivity contribution in [1.29, 1.82) is 0 Å². The molecular weight excluding hydrogens is 683 g/mol. The third kappa shape index (κ3) is 11.1. The molecule has 3 aromatic carbocycles. The molecule has 2 saturated carbocycles. The van der Waals surface area contributed by atoms with Gasteiger partial charge >= 0.3 is 6.18 Å². The minimum absolute atomic E-state index is 0.0207. The normalized spacial score (nSPS) is 15.5. The van der Waals surface area contributed by atoms with Crippen molar-refractivity contribution < 1.29 is 31.9 Å². The van der Waals surface area contributed by atoms with E-state index in [-0.39, 0.29) is 22.2 Å². The predicted octanol–water partition coefficient (Wildman–Crippen LogP) is 9.29. The quantitative estimate of drug-likeness (QED) is 0.137. The van der Waals surface area contributed by atoms with Crippen LogP contribution >= 0.6 is 23.2 Å². The molecule has 5 rings (SSSR count). The van der Waals surface area contributed by atoms with Crippen molar-refractivity contribution >= 4 is 52.3 Å². The number of halogens is 6. The molecule has 0 aliphatic heterocycles. The zero-order valence-corrected chi connectivity index (χ0v) is 28.4. The number of anilines is 2. The van der Waals surface area contributed by atoms with Gasteiger partial charge in [-0.1, -0.05) is 67.8 Å². The topological polar surface area (TPSA) is 113 Å². The fraction of sp³-hybridized carbons (Fsp3) is 0.417. The Morgan fingerprint density at radius 2 is 1.20 bits per heavy atom. The summed E-state index contributed by atoms with van der Waals surface area (Å²) in [7, 11) is 0. The molecule has 0 heterocycles. The minimum Gasteiger partial charge on any atom is -0.398 e. The molecule has 3 amide bonds. The summed E-state index contributed by atoms with van der Waals surface area (Å²) in [5.74, 6) is -2.40. The SMILES string of the molecule is Nc1ccc(Cl)cc1C(=O)NCC1CCCCC1.O=C(NCC1CCCCC1)c1cc(Cl)ccc1NC(=O)c1cccc(C(F)(F)F)c1F. The second-order valence-corrected chi connectivity index (χ2v) is 13.3. The average molecular weight is 724 g/mol. The Kier molecular flexibility index (Phi) is 13.7. The van der Waals surface area contributed by atoms with E-state index >= 15 is 0 Å². The fourth-order valence-corrected chi connectivity index (χ4v) is 6.45. The summed E-state index contributed by atoms with van der Waals surface area (Å²) in [5.41, 5.74) is 4.47. The average Bonchev–Trinajstić information content (AvgIpc) is 3.08. The molecule has 13 heteroatoms. The van der Waals surface area contributed by atoms with Crippen molar-refractivity contribution in [2.45, 2.75) is 70.4 Å². The summed E-state index contributed by atoms with van der Waals surface area (Å²) < 4.78 is 53.1. The van der Waals surface area contributed by atoms with Crippen LogP contribution in [0.3, 0.4) is 0 Å². The van der Waals surface area contributed by atoms with Gasteiger partial charge in [0.25, 0.3) is 17.7 Å². The maximum absolute atomic E-state index is 14.3. The Bertz CT molecular complexity index is 1620. The molecule has 2 aliphatic rings. The predicted molar refractivity (Wildman–Crippen MR) is 184 cm³/mol. The van der Waals surface area contributed by atoms with E-state index in [2.05, 4.69) is 16.0 Å². The Morgan fingerprint density at radius 3 is 1.76 bits per heavy atom. The molecule has 2 aliphatic carbocycles. The minimum atomic E-state index is -4.94. The molecule has 0 aromatic heterocycles. The van der Waals surface area contributed by atoms with Gasteiger partial charge in [-0.15, -0.1) is 0 Å². The van der Waals surface area contributed by atoms with Crippen molar-refractivity contribution in [3.05, 3.63) is 92.7 Å². The van der Waals surface area contributed by atoms with E-state index in [0.29, 0.717) is 40.7 Å². The number of carbonyl (C=O) groups is 3. The van der Waals surface area contributed by atoms with Gasteiger partial charge in [0.2, 0.25) is 0 Å². The van der Waals surface area contributed by atoms with Crippen LogP contribution in [0.4, 0.5) is 28.9 Å². The maximum atomic E-state index is 14.3. The zero-order valence-electron chi connectivity index (χ0n) is 26.9. The first-order valence-electron chi connectivity index (χ1n) is 16.4. The van der Waals surface area contributed by atoms with E-state index in [4.69, 9.17) is 28.9 Å². The van der Waals surface area contributed by atoms with Gasteiger partial charge in [-0.2, -0.15) is 13.2 Å². The molecule has 5 N–H and O–H groups in total. The first-order chi connectivity index (χ1) is 23.3. The Labute approximate surface area is 293 Å². The smallest absolute Gasteiger partial charge is 0.398 e. The number of benzene rings is 3. The van der Waals surface area contributed by atoms with Gasteiger partial charge in [0.15, 0.2) is 0 Å². The number of nitrogen functional groups attached to an aromatic ring is 1. The number of rotatable bonds is 8. The van der Waals surface area contributed by atoms with Crippen LogP contribution in [0, 0.1) is 17.7 Å². The summed E-state index contributed by atoms with van der Waals surface area (Å²) in [5, 5.41) is 8.88. The summed E-state index contributed by atoms with van der Waals surface area (Å²) in [6.45, 7) is 1.21. The van der Waals surface area contributed by atoms with Crippen molar-refractivity contribution in [1.82, 2.24) is 10.6 Å². The highest BCUT2D eigenvalue weighted by Crippen LogP contribution is 2.33. The summed E-state index contributed by atoms with van der Waals surface area (Å²) >= 11 is 11.9. The van der Waals surface area contributed by atoms with Crippen LogP contribution in [0.15, 0.2) is 54.6 Å². The number of alkyl halides is 3. The van der Waals surface area contributed by atoms with Gasteiger partial charge < -0.3 is 21.7 Å². The molecule has 0 atom stereocenters. The van der Waals surface area contributed by atoms with E-state index in [9.17, 15) is 31.9 Å². The van der Waals surface area contributed by atoms with E-state index in [1.54, 1.807) is 18.2 Å². The zero-order chi connectivity index (χ0) is 35.6. The summed E-state index contributed by atoms with van der Waals surface area (Å²) in [6, 6.07) is 11.5. The van der Waals surface area contributed by atoms with Gasteiger partial charge in [0.1, 0.15) is 5.82 Å². The highest BCUT2D eigenvalue weighted by atomic mass is 35.5. The van der Waals surface area contributed by atoms with Crippen LogP contribution < -0.4 is 21.7 Å². The Morgan fingerprint density at radius 1 is 0.694 bits per heavy atom. The Balaban J connectivity index is 0.000000254. The van der Waals surface area contributed by atoms with E-state index in [1.165, 1.54) is 56.7 Å². The lowest BCUT2D eigenvalue weighted by molar-refractivity contribution is -0.140. The summed E-state index contributed by atoms with van der Waals surface area (Å²) in [4.78, 5) is 37.2. The van der Waals surface area contributed by atoms with E-state index in [0.717, 1.165) is 44.4 Å². The molecule has 0 saturated heterocycles. The monoisotopic (exact) mass is 722 g/mol. The lowest BCUT2D eigenvalue weighted by Gasteiger charge is -2.22. The molecule has 0 spiro atoms. The molecule has 0 bridgehead atoms. The van der Waals surface area contributed by atoms with Crippen LogP contribution in [0.5, 0.6) is 0 Å². The number of carbonyl (C=O) groups excluding carboxylic acids is 3. The number of amides is 3. The van der Waals surface area contributed by atoms with Crippen molar-refractivity contribution in [2.24, 2.45) is 11.8 Å². The number of hydrogen-bond acceptors (Lipinski definition) is 4. The molecule has 3 aromatic rings. The van der Waals surface area contributed by atoms with Gasteiger partial charge in [-0.25, -0.2) is 4.39 Å². The van der Waals surface area contributed by atoms with E-state index in [1.807, 2.05) is 0 Å². The molecule has 264 valence electrons. The highest BCUT2D eigenvalue weighted by Gasteiger charge is 2.36. The lowest BCUT2D eigenvalue weighted by Crippen LogP contribution is -2.31. The van der Waals surface area contributed by atoms with Crippen LogP contribution in [-0.4, -0.2) is 30.8 Å². The highest BCUT2D eigenvalue weighted by molar-refractivity contribution is 6.31. The third-order valence-electron chi connectivity index (χ3n) is 8.84. The van der Waals surface area contributed by atoms with Crippen molar-refractivity contribution in [3.8, 4) is 0 Å². The molecule has 49 heavy (non-hydrogen) atoms. The Hall–Kier alpha value is -3.83. The standard InChI is InChI=1S/C22H21ClF4N2O2.C14H19ClN2O/c23-14-9-10-18(16(11-14)20(30)28-12-13-5-2-1-3-6-13)29-21(31)15-7-4-8-17(19(15)24)22(25,26)27;15-11-6-7-13(16)12(8-11)14(18)17-9-10-4-2-1-3-5-10/h4,7-11,13H,1-3,5-6,12H2,(H,28,30)(H,29,31);6-8,10H,1-5,9,16H2,(H,17,18). The van der Waals surface area contributed by atoms with Crippen LogP contribution in [0.1, 0.15) is 101 Å². The fourth-order valence-electron chi connectivity index (χ4n) is 6.10. The number of hydrogen-bond donors (Lipinski definition) is 4. The van der Waals surface area contributed by atoms with Crippen LogP contribution in [0.25, 0.3) is 0 Å². The van der Waals surface area contributed by atoms with Crippen molar-refractivity contribution in [3.63, 3.8) is 0 Å². The maximum Gasteiger partial charge on any atom is 0.419 e. The largest absolute Gasteiger partial charge is 0.419 e. The molecule has 0 radical (unpaired) electrons. The number of nitrogens with one attached hydrogen (secondary N) is 3. The molecular formula is C36H40Cl2F4N4O3. The van der Waals surface area contributed by atoms with Gasteiger partial charge in [-0.05, 0) is 86.1 Å². The van der Waals surface area contributed by atoms with Gasteiger partial charge in [0.05, 0.1) is 27.9 Å². The van der Waals surface area contributed by atoms with Crippen LogP contribution in [-0.2, 0) is 6.18 Å². The first kappa shape index (κ1) is 38.0. The molecule has 2 fully saturated rings. The number of nitrogens with two attached hydrogens (primary N) is 1. The van der Waals surface area contributed by atoms with Crippen LogP contribution in [0.2, 0.25) is 10.0 Å². The van der Waals surface area contributed by atoms with Gasteiger partial charge in [-0.3, -0.25) is 14.4 Å². The lowest BCUT2D eigenvalue weighted by atomic mass is 9.89. The van der Waals surface area contributed by atoms with E-state index < -0.39 is 34.9 Å². The van der Waals surface area contributed by atoms with Crippen molar-refractivity contribution in [2.75, 3.05) is 24.1 Å². The van der Waals surface area contributed by atoms with Gasteiger partial charge in [0, 0.05) is 28.8 Å². The summed E-state index contributed by atoms with van der Waals surface area (Å²) in [6.07, 6.45) is 6.82. The first-order valence-corrected chi connectivity index (χ1v) is 17.2. The molecule has 0 unspecified atom stereocenters. The molecule has 7 nitrogen and oxygen atoms in total. The second kappa shape index (κ2) is 17.7.